The average molecular weight is 302 g/mol. The smallest absolute Gasteiger partial charge is 0.239 e. The fourth-order valence-electron chi connectivity index (χ4n) is 3.57. The first-order valence-corrected chi connectivity index (χ1v) is 8.06. The Hall–Kier alpha value is -1.05. The van der Waals surface area contributed by atoms with Crippen LogP contribution in [0.25, 0.3) is 0 Å². The molecule has 0 radical (unpaired) electrons. The standard InChI is InChI=1S/C13H16F2N2O2S/c14-10-3-1-2-9(6-10)13(15)7-11-4-5-12(8-13)17(11)20(16,18)19/h1-3,6,11-12H,4-5,7-8H2,(H2,16,18,19). The van der Waals surface area contributed by atoms with Crippen LogP contribution in [-0.4, -0.2) is 24.8 Å². The highest BCUT2D eigenvalue weighted by Crippen LogP contribution is 2.48. The minimum Gasteiger partial charge on any atom is -0.239 e. The molecule has 2 saturated heterocycles. The maximum Gasteiger partial charge on any atom is 0.277 e. The van der Waals surface area contributed by atoms with Gasteiger partial charge in [0, 0.05) is 24.9 Å². The molecule has 0 aromatic heterocycles. The van der Waals surface area contributed by atoms with Crippen molar-refractivity contribution in [2.75, 3.05) is 0 Å². The van der Waals surface area contributed by atoms with E-state index >= 15 is 4.39 Å². The predicted molar refractivity (Wildman–Crippen MR) is 70.2 cm³/mol. The van der Waals surface area contributed by atoms with Crippen LogP contribution in [0.2, 0.25) is 0 Å². The largest absolute Gasteiger partial charge is 0.277 e. The molecule has 0 aliphatic carbocycles. The van der Waals surface area contributed by atoms with Crippen LogP contribution >= 0.6 is 0 Å². The van der Waals surface area contributed by atoms with E-state index in [2.05, 4.69) is 0 Å². The lowest BCUT2D eigenvalue weighted by Crippen LogP contribution is -2.52. The lowest BCUT2D eigenvalue weighted by atomic mass is 9.83. The number of benzene rings is 1. The lowest BCUT2D eigenvalue weighted by Gasteiger charge is -2.40. The summed E-state index contributed by atoms with van der Waals surface area (Å²) in [6, 6.07) is 4.61. The molecule has 2 N–H and O–H groups in total. The Kier molecular flexibility index (Phi) is 3.11. The quantitative estimate of drug-likeness (QED) is 0.905. The van der Waals surface area contributed by atoms with Crippen LogP contribution in [0.1, 0.15) is 31.2 Å². The molecular weight excluding hydrogens is 286 g/mol. The van der Waals surface area contributed by atoms with E-state index in [4.69, 9.17) is 5.14 Å². The van der Waals surface area contributed by atoms with Crippen molar-refractivity contribution in [3.05, 3.63) is 35.6 Å². The number of nitrogens with two attached hydrogens (primary N) is 1. The van der Waals surface area contributed by atoms with Crippen molar-refractivity contribution in [1.82, 2.24) is 4.31 Å². The second-order valence-corrected chi connectivity index (χ2v) is 7.10. The summed E-state index contributed by atoms with van der Waals surface area (Å²) in [5.74, 6) is -0.485. The molecule has 1 aromatic rings. The summed E-state index contributed by atoms with van der Waals surface area (Å²) in [5, 5.41) is 5.20. The van der Waals surface area contributed by atoms with Gasteiger partial charge >= 0.3 is 0 Å². The normalized spacial score (nSPS) is 34.4. The zero-order valence-electron chi connectivity index (χ0n) is 10.8. The molecule has 1 aromatic carbocycles. The van der Waals surface area contributed by atoms with E-state index in [1.165, 1.54) is 22.5 Å². The monoisotopic (exact) mass is 302 g/mol. The van der Waals surface area contributed by atoms with Crippen molar-refractivity contribution in [2.45, 2.75) is 43.4 Å². The van der Waals surface area contributed by atoms with E-state index in [0.29, 0.717) is 12.8 Å². The molecule has 20 heavy (non-hydrogen) atoms. The van der Waals surface area contributed by atoms with Gasteiger partial charge in [-0.1, -0.05) is 12.1 Å². The van der Waals surface area contributed by atoms with Gasteiger partial charge in [-0.3, -0.25) is 0 Å². The zero-order valence-corrected chi connectivity index (χ0v) is 11.6. The van der Waals surface area contributed by atoms with E-state index in [9.17, 15) is 12.8 Å². The highest BCUT2D eigenvalue weighted by Gasteiger charge is 2.52. The van der Waals surface area contributed by atoms with Gasteiger partial charge in [-0.05, 0) is 30.5 Å². The van der Waals surface area contributed by atoms with E-state index < -0.39 is 33.8 Å². The summed E-state index contributed by atoms with van der Waals surface area (Å²) >= 11 is 0. The molecule has 7 heteroatoms. The molecule has 4 nitrogen and oxygen atoms in total. The Morgan fingerprint density at radius 3 is 2.35 bits per heavy atom. The van der Waals surface area contributed by atoms with E-state index in [0.717, 1.165) is 0 Å². The topological polar surface area (TPSA) is 63.4 Å². The molecule has 2 fully saturated rings. The maximum atomic E-state index is 15.2. The van der Waals surface area contributed by atoms with Gasteiger partial charge in [-0.15, -0.1) is 0 Å². The van der Waals surface area contributed by atoms with E-state index in [1.807, 2.05) is 0 Å². The van der Waals surface area contributed by atoms with Gasteiger partial charge in [0.1, 0.15) is 11.5 Å². The molecule has 2 atom stereocenters. The fraction of sp³-hybridized carbons (Fsp3) is 0.538. The van der Waals surface area contributed by atoms with Crippen LogP contribution in [0.5, 0.6) is 0 Å². The average Bonchev–Trinajstić information content (AvgIpc) is 2.63. The van der Waals surface area contributed by atoms with Crippen LogP contribution in [0.4, 0.5) is 8.78 Å². The fourth-order valence-corrected chi connectivity index (χ4v) is 4.76. The first-order chi connectivity index (χ1) is 9.29. The number of alkyl halides is 1. The summed E-state index contributed by atoms with van der Waals surface area (Å²) in [5.41, 5.74) is -1.40. The second kappa shape index (κ2) is 4.47. The summed E-state index contributed by atoms with van der Waals surface area (Å²) in [6.07, 6.45) is 1.26. The first-order valence-electron chi connectivity index (χ1n) is 6.56. The SMILES string of the molecule is NS(=O)(=O)N1C2CCC1CC(F)(c1cccc(F)c1)C2. The maximum absolute atomic E-state index is 15.2. The molecule has 110 valence electrons. The van der Waals surface area contributed by atoms with Crippen molar-refractivity contribution >= 4 is 10.2 Å². The van der Waals surface area contributed by atoms with Gasteiger partial charge in [0.05, 0.1) is 0 Å². The zero-order chi connectivity index (χ0) is 14.5. The molecular formula is C13H16F2N2O2S. The summed E-state index contributed by atoms with van der Waals surface area (Å²) in [4.78, 5) is 0. The lowest BCUT2D eigenvalue weighted by molar-refractivity contribution is 0.0477. The second-order valence-electron chi connectivity index (χ2n) is 5.64. The molecule has 2 aliphatic rings. The number of hydrogen-bond donors (Lipinski definition) is 1. The van der Waals surface area contributed by atoms with E-state index in [-0.39, 0.29) is 18.4 Å². The Bertz CT molecular complexity index is 621. The number of fused-ring (bicyclic) bond motifs is 2. The number of hydrogen-bond acceptors (Lipinski definition) is 2. The van der Waals surface area contributed by atoms with Crippen LogP contribution in [-0.2, 0) is 15.9 Å². The van der Waals surface area contributed by atoms with Gasteiger partial charge in [0.25, 0.3) is 10.2 Å². The summed E-state index contributed by atoms with van der Waals surface area (Å²) in [7, 11) is -3.81. The van der Waals surface area contributed by atoms with Crippen molar-refractivity contribution in [1.29, 1.82) is 0 Å². The van der Waals surface area contributed by atoms with Crippen molar-refractivity contribution in [2.24, 2.45) is 5.14 Å². The highest BCUT2D eigenvalue weighted by molar-refractivity contribution is 7.86. The molecule has 0 amide bonds. The summed E-state index contributed by atoms with van der Waals surface area (Å²) < 4.78 is 52.8. The Balaban J connectivity index is 1.94. The van der Waals surface area contributed by atoms with Crippen molar-refractivity contribution < 1.29 is 17.2 Å². The third kappa shape index (κ3) is 2.23. The van der Waals surface area contributed by atoms with Gasteiger partial charge in [-0.2, -0.15) is 12.7 Å². The molecule has 0 spiro atoms. The van der Waals surface area contributed by atoms with Gasteiger partial charge in [-0.25, -0.2) is 13.9 Å². The van der Waals surface area contributed by atoms with E-state index in [1.54, 1.807) is 6.07 Å². The number of rotatable bonds is 2. The Labute approximate surface area is 116 Å². The van der Waals surface area contributed by atoms with Crippen molar-refractivity contribution in [3.8, 4) is 0 Å². The highest BCUT2D eigenvalue weighted by atomic mass is 32.2. The van der Waals surface area contributed by atoms with Crippen LogP contribution in [0.3, 0.4) is 0 Å². The van der Waals surface area contributed by atoms with Crippen molar-refractivity contribution in [3.63, 3.8) is 0 Å². The first kappa shape index (κ1) is 13.9. The molecule has 0 saturated carbocycles. The van der Waals surface area contributed by atoms with Gasteiger partial charge < -0.3 is 0 Å². The van der Waals surface area contributed by atoms with Crippen LogP contribution in [0.15, 0.2) is 24.3 Å². The molecule has 3 rings (SSSR count). The summed E-state index contributed by atoms with van der Waals surface area (Å²) in [6.45, 7) is 0. The van der Waals surface area contributed by atoms with Gasteiger partial charge in [0.15, 0.2) is 0 Å². The number of nitrogens with zero attached hydrogens (tertiary/aromatic N) is 1. The Morgan fingerprint density at radius 1 is 1.25 bits per heavy atom. The molecule has 2 aliphatic heterocycles. The number of piperidine rings is 1. The Morgan fingerprint density at radius 2 is 1.85 bits per heavy atom. The minimum atomic E-state index is -3.81. The minimum absolute atomic E-state index is 0.0311. The van der Waals surface area contributed by atoms with Crippen LogP contribution < -0.4 is 5.14 Å². The number of halogens is 2. The molecule has 2 unspecified atom stereocenters. The third-order valence-electron chi connectivity index (χ3n) is 4.31. The molecule has 2 heterocycles. The predicted octanol–water partition coefficient (Wildman–Crippen LogP) is 1.82. The van der Waals surface area contributed by atoms with Crippen LogP contribution in [0, 0.1) is 5.82 Å². The van der Waals surface area contributed by atoms with Gasteiger partial charge in [0.2, 0.25) is 0 Å². The third-order valence-corrected chi connectivity index (χ3v) is 5.49. The molecule has 2 bridgehead atoms.